The maximum atomic E-state index is 13.7. The van der Waals surface area contributed by atoms with E-state index in [2.05, 4.69) is 5.32 Å². The minimum Gasteiger partial charge on any atom is -0.379 e. The highest BCUT2D eigenvalue weighted by atomic mass is 35.5. The summed E-state index contributed by atoms with van der Waals surface area (Å²) in [7, 11) is 3.99. The molecule has 0 saturated heterocycles. The van der Waals surface area contributed by atoms with Crippen LogP contribution in [-0.2, 0) is 6.54 Å². The van der Waals surface area contributed by atoms with Crippen molar-refractivity contribution in [3.63, 3.8) is 0 Å². The first kappa shape index (κ1) is 13.7. The first-order valence-electron chi connectivity index (χ1n) is 6.02. The molecule has 0 saturated carbocycles. The largest absolute Gasteiger partial charge is 0.379 e. The van der Waals surface area contributed by atoms with Crippen molar-refractivity contribution in [3.8, 4) is 0 Å². The number of nitrogens with one attached hydrogen (secondary N) is 1. The van der Waals surface area contributed by atoms with E-state index >= 15 is 0 Å². The van der Waals surface area contributed by atoms with Gasteiger partial charge in [0, 0.05) is 26.3 Å². The van der Waals surface area contributed by atoms with E-state index in [1.807, 2.05) is 43.3 Å². The van der Waals surface area contributed by atoms with Gasteiger partial charge in [-0.15, -0.1) is 0 Å². The molecule has 0 bridgehead atoms. The second-order valence-electron chi connectivity index (χ2n) is 4.52. The summed E-state index contributed by atoms with van der Waals surface area (Å²) in [5.74, 6) is -0.408. The molecule has 2 rings (SSSR count). The molecule has 2 aromatic carbocycles. The van der Waals surface area contributed by atoms with Crippen molar-refractivity contribution in [2.45, 2.75) is 6.54 Å². The molecule has 0 fully saturated rings. The number of halogens is 2. The first-order chi connectivity index (χ1) is 9.08. The van der Waals surface area contributed by atoms with Gasteiger partial charge in [-0.1, -0.05) is 29.8 Å². The summed E-state index contributed by atoms with van der Waals surface area (Å²) >= 11 is 5.73. The van der Waals surface area contributed by atoms with Gasteiger partial charge in [0.2, 0.25) is 0 Å². The SMILES string of the molecule is CN(C)c1ccc(CNc2cccc(Cl)c2F)cc1. The lowest BCUT2D eigenvalue weighted by molar-refractivity contribution is 0.630. The summed E-state index contributed by atoms with van der Waals surface area (Å²) in [5, 5.41) is 3.18. The number of hydrogen-bond acceptors (Lipinski definition) is 2. The van der Waals surface area contributed by atoms with Gasteiger partial charge in [0.25, 0.3) is 0 Å². The molecular formula is C15H16ClFN2. The minimum atomic E-state index is -0.408. The van der Waals surface area contributed by atoms with Crippen molar-refractivity contribution in [2.24, 2.45) is 0 Å². The van der Waals surface area contributed by atoms with Crippen LogP contribution in [0.3, 0.4) is 0 Å². The summed E-state index contributed by atoms with van der Waals surface area (Å²) in [5.41, 5.74) is 2.65. The Balaban J connectivity index is 2.04. The Hall–Kier alpha value is -1.74. The monoisotopic (exact) mass is 278 g/mol. The zero-order chi connectivity index (χ0) is 13.8. The molecule has 100 valence electrons. The van der Waals surface area contributed by atoms with Gasteiger partial charge >= 0.3 is 0 Å². The second kappa shape index (κ2) is 5.93. The molecule has 0 aliphatic heterocycles. The van der Waals surface area contributed by atoms with Gasteiger partial charge in [0.15, 0.2) is 5.82 Å². The number of rotatable bonds is 4. The lowest BCUT2D eigenvalue weighted by Crippen LogP contribution is -2.08. The molecule has 2 nitrogen and oxygen atoms in total. The molecule has 0 radical (unpaired) electrons. The molecule has 4 heteroatoms. The molecule has 1 N–H and O–H groups in total. The van der Waals surface area contributed by atoms with Gasteiger partial charge in [-0.25, -0.2) is 4.39 Å². The van der Waals surface area contributed by atoms with Crippen molar-refractivity contribution >= 4 is 23.0 Å². The van der Waals surface area contributed by atoms with Crippen molar-refractivity contribution in [2.75, 3.05) is 24.3 Å². The van der Waals surface area contributed by atoms with Crippen LogP contribution in [-0.4, -0.2) is 14.1 Å². The minimum absolute atomic E-state index is 0.132. The highest BCUT2D eigenvalue weighted by molar-refractivity contribution is 6.31. The molecule has 19 heavy (non-hydrogen) atoms. The van der Waals surface area contributed by atoms with Crippen LogP contribution in [0.4, 0.5) is 15.8 Å². The zero-order valence-corrected chi connectivity index (χ0v) is 11.7. The van der Waals surface area contributed by atoms with Crippen LogP contribution in [0.1, 0.15) is 5.56 Å². The Morgan fingerprint density at radius 2 is 1.79 bits per heavy atom. The highest BCUT2D eigenvalue weighted by Crippen LogP contribution is 2.22. The molecule has 0 unspecified atom stereocenters. The maximum absolute atomic E-state index is 13.7. The average molecular weight is 279 g/mol. The van der Waals surface area contributed by atoms with E-state index in [0.717, 1.165) is 11.3 Å². The summed E-state index contributed by atoms with van der Waals surface area (Å²) in [6.07, 6.45) is 0. The van der Waals surface area contributed by atoms with E-state index in [-0.39, 0.29) is 5.02 Å². The van der Waals surface area contributed by atoms with Crippen LogP contribution in [0.25, 0.3) is 0 Å². The molecular weight excluding hydrogens is 263 g/mol. The Labute approximate surface area is 117 Å². The summed E-state index contributed by atoms with van der Waals surface area (Å²) in [6.45, 7) is 0.560. The van der Waals surface area contributed by atoms with Crippen molar-refractivity contribution < 1.29 is 4.39 Å². The Bertz CT molecular complexity index is 553. The van der Waals surface area contributed by atoms with Gasteiger partial charge in [-0.2, -0.15) is 0 Å². The molecule has 0 spiro atoms. The second-order valence-corrected chi connectivity index (χ2v) is 4.92. The summed E-state index contributed by atoms with van der Waals surface area (Å²) in [6, 6.07) is 13.0. The quantitative estimate of drug-likeness (QED) is 0.903. The van der Waals surface area contributed by atoms with Crippen molar-refractivity contribution in [1.82, 2.24) is 0 Å². The van der Waals surface area contributed by atoms with Crippen LogP contribution in [0.15, 0.2) is 42.5 Å². The summed E-state index contributed by atoms with van der Waals surface area (Å²) < 4.78 is 13.7. The third-order valence-electron chi connectivity index (χ3n) is 2.89. The molecule has 0 amide bonds. The van der Waals surface area contributed by atoms with E-state index in [0.29, 0.717) is 12.2 Å². The van der Waals surface area contributed by atoms with Gasteiger partial charge in [0.1, 0.15) is 0 Å². The molecule has 0 aromatic heterocycles. The number of benzene rings is 2. The van der Waals surface area contributed by atoms with E-state index in [1.54, 1.807) is 12.1 Å². The topological polar surface area (TPSA) is 15.3 Å². The number of anilines is 2. The van der Waals surface area contributed by atoms with Gasteiger partial charge < -0.3 is 10.2 Å². The highest BCUT2D eigenvalue weighted by Gasteiger charge is 2.05. The zero-order valence-electron chi connectivity index (χ0n) is 11.0. The Kier molecular flexibility index (Phi) is 4.27. The van der Waals surface area contributed by atoms with Crippen molar-refractivity contribution in [3.05, 3.63) is 58.9 Å². The Morgan fingerprint density at radius 1 is 1.11 bits per heavy atom. The molecule has 0 aliphatic rings. The van der Waals surface area contributed by atoms with Crippen LogP contribution < -0.4 is 10.2 Å². The van der Waals surface area contributed by atoms with Crippen molar-refractivity contribution in [1.29, 1.82) is 0 Å². The Morgan fingerprint density at radius 3 is 2.42 bits per heavy atom. The third-order valence-corrected chi connectivity index (χ3v) is 3.18. The third kappa shape index (κ3) is 3.38. The van der Waals surface area contributed by atoms with Gasteiger partial charge in [-0.05, 0) is 29.8 Å². The van der Waals surface area contributed by atoms with Gasteiger partial charge in [0.05, 0.1) is 10.7 Å². The van der Waals surface area contributed by atoms with E-state index < -0.39 is 5.82 Å². The lowest BCUT2D eigenvalue weighted by Gasteiger charge is -2.13. The molecule has 2 aromatic rings. The van der Waals surface area contributed by atoms with E-state index in [9.17, 15) is 4.39 Å². The fourth-order valence-electron chi connectivity index (χ4n) is 1.75. The van der Waals surface area contributed by atoms with Crippen LogP contribution in [0.5, 0.6) is 0 Å². The predicted octanol–water partition coefficient (Wildman–Crippen LogP) is 4.16. The standard InChI is InChI=1S/C15H16ClFN2/c1-19(2)12-8-6-11(7-9-12)10-18-14-5-3-4-13(16)15(14)17/h3-9,18H,10H2,1-2H3. The number of hydrogen-bond donors (Lipinski definition) is 1. The smallest absolute Gasteiger partial charge is 0.164 e. The van der Waals surface area contributed by atoms with Crippen LogP contribution in [0, 0.1) is 5.82 Å². The molecule has 0 atom stereocenters. The fourth-order valence-corrected chi connectivity index (χ4v) is 1.92. The predicted molar refractivity (Wildman–Crippen MR) is 79.5 cm³/mol. The lowest BCUT2D eigenvalue weighted by atomic mass is 10.2. The summed E-state index contributed by atoms with van der Waals surface area (Å²) in [4.78, 5) is 2.04. The van der Waals surface area contributed by atoms with Crippen LogP contribution in [0.2, 0.25) is 5.02 Å². The number of nitrogens with zero attached hydrogens (tertiary/aromatic N) is 1. The first-order valence-corrected chi connectivity index (χ1v) is 6.40. The van der Waals surface area contributed by atoms with E-state index in [1.165, 1.54) is 6.07 Å². The molecule has 0 aliphatic carbocycles. The molecule has 0 heterocycles. The maximum Gasteiger partial charge on any atom is 0.164 e. The van der Waals surface area contributed by atoms with Gasteiger partial charge in [-0.3, -0.25) is 0 Å². The fraction of sp³-hybridized carbons (Fsp3) is 0.200. The normalized spacial score (nSPS) is 10.3. The average Bonchev–Trinajstić information content (AvgIpc) is 2.41. The van der Waals surface area contributed by atoms with E-state index in [4.69, 9.17) is 11.6 Å². The van der Waals surface area contributed by atoms with Crippen LogP contribution >= 0.6 is 11.6 Å².